The predicted molar refractivity (Wildman–Crippen MR) is 122 cm³/mol. The van der Waals surface area contributed by atoms with E-state index < -0.39 is 12.1 Å². The molecule has 0 aliphatic carbocycles. The number of hydrogen-bond acceptors (Lipinski definition) is 4. The second-order valence-electron chi connectivity index (χ2n) is 8.36. The number of carbonyl (C=O) groups is 2. The SMILES string of the molecule is C[C@@H]1CCC[C@@H](C)N1C(=O)[C@@H](C)OC(=O)c1cc(-c2ccccc2)nc2ccccc12. The van der Waals surface area contributed by atoms with E-state index in [2.05, 4.69) is 13.8 Å². The standard InChI is InChI=1S/C26H28N2O3/c1-17-10-9-11-18(2)28(17)25(29)19(3)31-26(30)22-16-24(20-12-5-4-6-13-20)27-23-15-8-7-14-21(22)23/h4-8,12-19H,9-11H2,1-3H3/t17-,18-,19-/m1/s1. The molecular weight excluding hydrogens is 388 g/mol. The van der Waals surface area contributed by atoms with E-state index in [1.165, 1.54) is 0 Å². The van der Waals surface area contributed by atoms with Crippen molar-refractivity contribution in [3.8, 4) is 11.3 Å². The van der Waals surface area contributed by atoms with Gasteiger partial charge in [-0.05, 0) is 52.2 Å². The van der Waals surface area contributed by atoms with Crippen molar-refractivity contribution in [2.24, 2.45) is 0 Å². The van der Waals surface area contributed by atoms with Crippen LogP contribution in [0.3, 0.4) is 0 Å². The van der Waals surface area contributed by atoms with E-state index in [4.69, 9.17) is 9.72 Å². The molecule has 0 spiro atoms. The Kier molecular flexibility index (Phi) is 6.03. The van der Waals surface area contributed by atoms with Crippen molar-refractivity contribution in [3.63, 3.8) is 0 Å². The molecular formula is C26H28N2O3. The van der Waals surface area contributed by atoms with Crippen molar-refractivity contribution in [1.82, 2.24) is 9.88 Å². The summed E-state index contributed by atoms with van der Waals surface area (Å²) in [7, 11) is 0. The van der Waals surface area contributed by atoms with Gasteiger partial charge in [0.05, 0.1) is 16.8 Å². The van der Waals surface area contributed by atoms with Crippen molar-refractivity contribution in [2.75, 3.05) is 0 Å². The van der Waals surface area contributed by atoms with Gasteiger partial charge in [0.25, 0.3) is 5.91 Å². The number of nitrogens with zero attached hydrogens (tertiary/aromatic N) is 2. The van der Waals surface area contributed by atoms with E-state index in [9.17, 15) is 9.59 Å². The minimum absolute atomic E-state index is 0.130. The molecule has 0 saturated carbocycles. The first-order valence-electron chi connectivity index (χ1n) is 10.9. The van der Waals surface area contributed by atoms with Crippen molar-refractivity contribution in [3.05, 3.63) is 66.2 Å². The van der Waals surface area contributed by atoms with Crippen LogP contribution in [0.4, 0.5) is 0 Å². The van der Waals surface area contributed by atoms with E-state index in [1.807, 2.05) is 59.5 Å². The third-order valence-electron chi connectivity index (χ3n) is 6.09. The molecule has 1 saturated heterocycles. The maximum Gasteiger partial charge on any atom is 0.339 e. The van der Waals surface area contributed by atoms with Crippen molar-refractivity contribution in [2.45, 2.75) is 58.2 Å². The number of amides is 1. The second-order valence-corrected chi connectivity index (χ2v) is 8.36. The van der Waals surface area contributed by atoms with Crippen LogP contribution in [0.5, 0.6) is 0 Å². The summed E-state index contributed by atoms with van der Waals surface area (Å²) in [6.07, 6.45) is 2.23. The van der Waals surface area contributed by atoms with Crippen LogP contribution in [0.2, 0.25) is 0 Å². The van der Waals surface area contributed by atoms with Crippen LogP contribution in [0.1, 0.15) is 50.4 Å². The molecule has 31 heavy (non-hydrogen) atoms. The molecule has 1 aromatic heterocycles. The molecule has 5 nitrogen and oxygen atoms in total. The highest BCUT2D eigenvalue weighted by atomic mass is 16.5. The molecule has 5 heteroatoms. The van der Waals surface area contributed by atoms with E-state index in [0.29, 0.717) is 22.2 Å². The molecule has 1 amide bonds. The topological polar surface area (TPSA) is 59.5 Å². The lowest BCUT2D eigenvalue weighted by atomic mass is 9.97. The summed E-state index contributed by atoms with van der Waals surface area (Å²) in [5.41, 5.74) is 2.75. The Morgan fingerprint density at radius 2 is 1.65 bits per heavy atom. The summed E-state index contributed by atoms with van der Waals surface area (Å²) in [6.45, 7) is 5.78. The molecule has 3 atom stereocenters. The van der Waals surface area contributed by atoms with E-state index >= 15 is 0 Å². The highest BCUT2D eigenvalue weighted by Gasteiger charge is 2.33. The van der Waals surface area contributed by atoms with Gasteiger partial charge in [-0.2, -0.15) is 0 Å². The van der Waals surface area contributed by atoms with Gasteiger partial charge in [0.1, 0.15) is 0 Å². The highest BCUT2D eigenvalue weighted by Crippen LogP contribution is 2.27. The van der Waals surface area contributed by atoms with Gasteiger partial charge in [-0.25, -0.2) is 9.78 Å². The molecule has 0 bridgehead atoms. The smallest absolute Gasteiger partial charge is 0.339 e. The molecule has 1 fully saturated rings. The zero-order valence-corrected chi connectivity index (χ0v) is 18.2. The Bertz CT molecular complexity index is 1090. The molecule has 4 rings (SSSR count). The summed E-state index contributed by atoms with van der Waals surface area (Å²) >= 11 is 0. The first-order valence-corrected chi connectivity index (χ1v) is 10.9. The van der Waals surface area contributed by atoms with Gasteiger partial charge in [-0.1, -0.05) is 48.5 Å². The normalized spacial score (nSPS) is 19.8. The van der Waals surface area contributed by atoms with Crippen LogP contribution in [0, 0.1) is 0 Å². The molecule has 1 aliphatic heterocycles. The number of hydrogen-bond donors (Lipinski definition) is 0. The quantitative estimate of drug-likeness (QED) is 0.546. The number of ether oxygens (including phenoxy) is 1. The molecule has 1 aliphatic rings. The monoisotopic (exact) mass is 416 g/mol. The number of benzene rings is 2. The Morgan fingerprint density at radius 1 is 1.00 bits per heavy atom. The average molecular weight is 417 g/mol. The molecule has 3 aromatic rings. The number of piperidine rings is 1. The lowest BCUT2D eigenvalue weighted by Crippen LogP contribution is -2.51. The number of fused-ring (bicyclic) bond motifs is 1. The fraction of sp³-hybridized carbons (Fsp3) is 0.346. The number of carbonyl (C=O) groups excluding carboxylic acids is 2. The summed E-state index contributed by atoms with van der Waals surface area (Å²) < 4.78 is 5.69. The van der Waals surface area contributed by atoms with Crippen LogP contribution in [-0.2, 0) is 9.53 Å². The Balaban J connectivity index is 1.63. The van der Waals surface area contributed by atoms with Gasteiger partial charge in [-0.15, -0.1) is 0 Å². The van der Waals surface area contributed by atoms with Crippen molar-refractivity contribution >= 4 is 22.8 Å². The van der Waals surface area contributed by atoms with E-state index in [1.54, 1.807) is 13.0 Å². The largest absolute Gasteiger partial charge is 0.449 e. The van der Waals surface area contributed by atoms with E-state index in [-0.39, 0.29) is 18.0 Å². The maximum atomic E-state index is 13.2. The molecule has 0 N–H and O–H groups in total. The summed E-state index contributed by atoms with van der Waals surface area (Å²) in [5, 5.41) is 0.714. The third-order valence-corrected chi connectivity index (χ3v) is 6.09. The van der Waals surface area contributed by atoms with Crippen LogP contribution in [0.25, 0.3) is 22.2 Å². The van der Waals surface area contributed by atoms with Crippen LogP contribution in [-0.4, -0.2) is 39.9 Å². The van der Waals surface area contributed by atoms with Crippen molar-refractivity contribution < 1.29 is 14.3 Å². The minimum Gasteiger partial charge on any atom is -0.449 e. The van der Waals surface area contributed by atoms with Gasteiger partial charge in [0.2, 0.25) is 0 Å². The molecule has 2 aromatic carbocycles. The number of likely N-dealkylation sites (tertiary alicyclic amines) is 1. The Hall–Kier alpha value is -3.21. The maximum absolute atomic E-state index is 13.2. The van der Waals surface area contributed by atoms with Gasteiger partial charge >= 0.3 is 5.97 Å². The van der Waals surface area contributed by atoms with Crippen molar-refractivity contribution in [1.29, 1.82) is 0 Å². The Morgan fingerprint density at radius 3 is 2.35 bits per heavy atom. The van der Waals surface area contributed by atoms with Gasteiger partial charge in [-0.3, -0.25) is 4.79 Å². The van der Waals surface area contributed by atoms with Gasteiger partial charge < -0.3 is 9.64 Å². The predicted octanol–water partition coefficient (Wildman–Crippen LogP) is 5.24. The number of aromatic nitrogens is 1. The highest BCUT2D eigenvalue weighted by molar-refractivity contribution is 6.05. The number of esters is 1. The lowest BCUT2D eigenvalue weighted by Gasteiger charge is -2.40. The number of para-hydroxylation sites is 1. The summed E-state index contributed by atoms with van der Waals surface area (Å²) in [4.78, 5) is 32.8. The number of rotatable bonds is 4. The lowest BCUT2D eigenvalue weighted by molar-refractivity contribution is -0.146. The molecule has 160 valence electrons. The summed E-state index contributed by atoms with van der Waals surface area (Å²) in [5.74, 6) is -0.636. The number of pyridine rings is 1. The fourth-order valence-corrected chi connectivity index (χ4v) is 4.44. The first-order chi connectivity index (χ1) is 15.0. The molecule has 2 heterocycles. The van der Waals surface area contributed by atoms with Gasteiger partial charge in [0, 0.05) is 23.0 Å². The van der Waals surface area contributed by atoms with Crippen LogP contribution in [0.15, 0.2) is 60.7 Å². The zero-order valence-electron chi connectivity index (χ0n) is 18.2. The van der Waals surface area contributed by atoms with Gasteiger partial charge in [0.15, 0.2) is 6.10 Å². The van der Waals surface area contributed by atoms with Crippen LogP contribution < -0.4 is 0 Å². The van der Waals surface area contributed by atoms with E-state index in [0.717, 1.165) is 24.8 Å². The zero-order chi connectivity index (χ0) is 22.0. The second kappa shape index (κ2) is 8.88. The molecule has 0 radical (unpaired) electrons. The molecule has 0 unspecified atom stereocenters. The fourth-order valence-electron chi connectivity index (χ4n) is 4.44. The third kappa shape index (κ3) is 4.31. The Labute approximate surface area is 183 Å². The average Bonchev–Trinajstić information content (AvgIpc) is 2.78. The van der Waals surface area contributed by atoms with Crippen LogP contribution >= 0.6 is 0 Å². The first kappa shape index (κ1) is 21.0. The minimum atomic E-state index is -0.845. The summed E-state index contributed by atoms with van der Waals surface area (Å²) in [6, 6.07) is 19.3.